The number of hydrogen-bond donors (Lipinski definition) is 0. The maximum absolute atomic E-state index is 12.5. The fourth-order valence-corrected chi connectivity index (χ4v) is 3.45. The number of fused-ring (bicyclic) bond motifs is 1. The molecule has 4 heteroatoms. The molecule has 0 spiro atoms. The minimum absolute atomic E-state index is 0.312. The molecule has 1 aromatic carbocycles. The second kappa shape index (κ2) is 7.25. The van der Waals surface area contributed by atoms with E-state index >= 15 is 0 Å². The number of carbonyl (C=O) groups is 1. The summed E-state index contributed by atoms with van der Waals surface area (Å²) in [4.78, 5) is 19.4. The van der Waals surface area contributed by atoms with Crippen LogP contribution in [0.2, 0.25) is 0 Å². The molecule has 120 valence electrons. The summed E-state index contributed by atoms with van der Waals surface area (Å²) in [6.07, 6.45) is 1.66. The van der Waals surface area contributed by atoms with Gasteiger partial charge in [-0.05, 0) is 24.1 Å². The van der Waals surface area contributed by atoms with Crippen LogP contribution in [0, 0.1) is 0 Å². The molecule has 1 aromatic rings. The van der Waals surface area contributed by atoms with E-state index in [0.717, 1.165) is 58.8 Å². The lowest BCUT2D eigenvalue weighted by Crippen LogP contribution is -2.47. The minimum atomic E-state index is 0.312. The molecule has 2 aliphatic heterocycles. The first-order valence-corrected chi connectivity index (χ1v) is 8.55. The second-order valence-corrected chi connectivity index (χ2v) is 6.36. The van der Waals surface area contributed by atoms with Crippen LogP contribution >= 0.6 is 0 Å². The van der Waals surface area contributed by atoms with E-state index in [1.807, 2.05) is 4.90 Å². The van der Waals surface area contributed by atoms with Gasteiger partial charge in [-0.15, -0.1) is 0 Å². The zero-order valence-corrected chi connectivity index (χ0v) is 13.6. The molecule has 4 nitrogen and oxygen atoms in total. The molecule has 3 rings (SSSR count). The van der Waals surface area contributed by atoms with Gasteiger partial charge in [-0.2, -0.15) is 0 Å². The summed E-state index contributed by atoms with van der Waals surface area (Å²) in [5, 5.41) is 0. The third kappa shape index (κ3) is 3.68. The molecular weight excluding hydrogens is 274 g/mol. The van der Waals surface area contributed by atoms with E-state index in [9.17, 15) is 4.79 Å². The molecule has 0 saturated carbocycles. The summed E-state index contributed by atoms with van der Waals surface area (Å²) < 4.78 is 0. The van der Waals surface area contributed by atoms with Crippen LogP contribution in [0.25, 0.3) is 0 Å². The van der Waals surface area contributed by atoms with Crippen molar-refractivity contribution in [2.45, 2.75) is 26.3 Å². The third-order valence-corrected chi connectivity index (χ3v) is 5.04. The Morgan fingerprint density at radius 3 is 2.41 bits per heavy atom. The highest BCUT2D eigenvalue weighted by atomic mass is 16.2. The number of hydrogen-bond acceptors (Lipinski definition) is 3. The Balaban J connectivity index is 1.45. The van der Waals surface area contributed by atoms with Gasteiger partial charge in [0.2, 0.25) is 5.91 Å². The number of amides is 1. The van der Waals surface area contributed by atoms with E-state index in [-0.39, 0.29) is 0 Å². The van der Waals surface area contributed by atoms with Crippen molar-refractivity contribution in [2.24, 2.45) is 0 Å². The zero-order chi connectivity index (χ0) is 15.4. The smallest absolute Gasteiger partial charge is 0.224 e. The van der Waals surface area contributed by atoms with Crippen molar-refractivity contribution in [3.8, 4) is 0 Å². The second-order valence-electron chi connectivity index (χ2n) is 6.36. The van der Waals surface area contributed by atoms with E-state index in [4.69, 9.17) is 0 Å². The number of likely N-dealkylation sites (N-methyl/N-ethyl adjacent to an activating group) is 1. The number of carbonyl (C=O) groups excluding carboxylic acids is 1. The standard InChI is InChI=1S/C18H27N3O/c1-2-19-11-13-20(14-12-19)9-8-18(22)21-10-7-16-5-3-4-6-17(16)15-21/h3-6H,2,7-15H2,1H3. The highest BCUT2D eigenvalue weighted by Crippen LogP contribution is 2.19. The van der Waals surface area contributed by atoms with Gasteiger partial charge in [0, 0.05) is 52.2 Å². The summed E-state index contributed by atoms with van der Waals surface area (Å²) >= 11 is 0. The molecule has 1 fully saturated rings. The Hall–Kier alpha value is -1.39. The quantitative estimate of drug-likeness (QED) is 0.845. The maximum atomic E-state index is 12.5. The Labute approximate surface area is 133 Å². The average molecular weight is 301 g/mol. The topological polar surface area (TPSA) is 26.8 Å². The molecule has 2 heterocycles. The maximum Gasteiger partial charge on any atom is 0.224 e. The van der Waals surface area contributed by atoms with Crippen LogP contribution in [0.5, 0.6) is 0 Å². The van der Waals surface area contributed by atoms with Crippen molar-refractivity contribution < 1.29 is 4.79 Å². The molecule has 0 aliphatic carbocycles. The Morgan fingerprint density at radius 2 is 1.68 bits per heavy atom. The summed E-state index contributed by atoms with van der Waals surface area (Å²) in [6, 6.07) is 8.50. The van der Waals surface area contributed by atoms with E-state index in [0.29, 0.717) is 12.3 Å². The van der Waals surface area contributed by atoms with Crippen LogP contribution in [0.3, 0.4) is 0 Å². The summed E-state index contributed by atoms with van der Waals surface area (Å²) in [6.45, 7) is 10.4. The normalized spacial score (nSPS) is 20.0. The van der Waals surface area contributed by atoms with Crippen molar-refractivity contribution in [1.29, 1.82) is 0 Å². The van der Waals surface area contributed by atoms with E-state index in [1.54, 1.807) is 0 Å². The van der Waals surface area contributed by atoms with Crippen LogP contribution in [-0.4, -0.2) is 66.4 Å². The molecule has 0 bridgehead atoms. The fraction of sp³-hybridized carbons (Fsp3) is 0.611. The van der Waals surface area contributed by atoms with Crippen molar-refractivity contribution >= 4 is 5.91 Å². The summed E-state index contributed by atoms with van der Waals surface area (Å²) in [5.41, 5.74) is 2.72. The fourth-order valence-electron chi connectivity index (χ4n) is 3.45. The molecule has 1 amide bonds. The van der Waals surface area contributed by atoms with Gasteiger partial charge in [-0.3, -0.25) is 4.79 Å². The molecule has 0 radical (unpaired) electrons. The lowest BCUT2D eigenvalue weighted by Gasteiger charge is -2.34. The van der Waals surface area contributed by atoms with E-state index < -0.39 is 0 Å². The predicted octanol–water partition coefficient (Wildman–Crippen LogP) is 1.60. The van der Waals surface area contributed by atoms with Crippen molar-refractivity contribution in [2.75, 3.05) is 45.8 Å². The molecule has 1 saturated heterocycles. The highest BCUT2D eigenvalue weighted by molar-refractivity contribution is 5.76. The molecule has 0 atom stereocenters. The monoisotopic (exact) mass is 301 g/mol. The first-order chi connectivity index (χ1) is 10.8. The number of benzene rings is 1. The summed E-state index contributed by atoms with van der Waals surface area (Å²) in [7, 11) is 0. The van der Waals surface area contributed by atoms with Crippen LogP contribution in [-0.2, 0) is 17.8 Å². The summed E-state index contributed by atoms with van der Waals surface area (Å²) in [5.74, 6) is 0.312. The largest absolute Gasteiger partial charge is 0.338 e. The van der Waals surface area contributed by atoms with Crippen LogP contribution < -0.4 is 0 Å². The first kappa shape index (κ1) is 15.5. The SMILES string of the molecule is CCN1CCN(CCC(=O)N2CCc3ccccc3C2)CC1. The molecule has 0 aromatic heterocycles. The molecular formula is C18H27N3O. The zero-order valence-electron chi connectivity index (χ0n) is 13.6. The lowest BCUT2D eigenvalue weighted by atomic mass is 10.00. The number of nitrogens with zero attached hydrogens (tertiary/aromatic N) is 3. The van der Waals surface area contributed by atoms with Gasteiger partial charge >= 0.3 is 0 Å². The average Bonchev–Trinajstić information content (AvgIpc) is 2.59. The lowest BCUT2D eigenvalue weighted by molar-refractivity contribution is -0.132. The van der Waals surface area contributed by atoms with Crippen LogP contribution in [0.4, 0.5) is 0 Å². The van der Waals surface area contributed by atoms with E-state index in [1.165, 1.54) is 11.1 Å². The van der Waals surface area contributed by atoms with Gasteiger partial charge in [-0.25, -0.2) is 0 Å². The van der Waals surface area contributed by atoms with Crippen LogP contribution in [0.15, 0.2) is 24.3 Å². The molecule has 0 unspecified atom stereocenters. The van der Waals surface area contributed by atoms with Gasteiger partial charge in [-0.1, -0.05) is 31.2 Å². The minimum Gasteiger partial charge on any atom is -0.338 e. The van der Waals surface area contributed by atoms with Gasteiger partial charge < -0.3 is 14.7 Å². The first-order valence-electron chi connectivity index (χ1n) is 8.55. The number of rotatable bonds is 4. The molecule has 0 N–H and O–H groups in total. The highest BCUT2D eigenvalue weighted by Gasteiger charge is 2.21. The van der Waals surface area contributed by atoms with Gasteiger partial charge in [0.25, 0.3) is 0 Å². The number of piperazine rings is 1. The molecule has 22 heavy (non-hydrogen) atoms. The van der Waals surface area contributed by atoms with Crippen molar-refractivity contribution in [3.05, 3.63) is 35.4 Å². The molecule has 2 aliphatic rings. The predicted molar refractivity (Wildman–Crippen MR) is 88.7 cm³/mol. The Kier molecular flexibility index (Phi) is 5.11. The Bertz CT molecular complexity index is 509. The van der Waals surface area contributed by atoms with Crippen LogP contribution in [0.1, 0.15) is 24.5 Å². The van der Waals surface area contributed by atoms with Crippen molar-refractivity contribution in [3.63, 3.8) is 0 Å². The Morgan fingerprint density at radius 1 is 1.00 bits per heavy atom. The van der Waals surface area contributed by atoms with Gasteiger partial charge in [0.15, 0.2) is 0 Å². The third-order valence-electron chi connectivity index (χ3n) is 5.04. The van der Waals surface area contributed by atoms with Gasteiger partial charge in [0.05, 0.1) is 0 Å². The van der Waals surface area contributed by atoms with Crippen molar-refractivity contribution in [1.82, 2.24) is 14.7 Å². The van der Waals surface area contributed by atoms with Gasteiger partial charge in [0.1, 0.15) is 0 Å². The van der Waals surface area contributed by atoms with E-state index in [2.05, 4.69) is 41.0 Å².